The second-order valence-corrected chi connectivity index (χ2v) is 8.57. The van der Waals surface area contributed by atoms with Crippen LogP contribution in [0.5, 0.6) is 0 Å². The van der Waals surface area contributed by atoms with Crippen molar-refractivity contribution in [1.82, 2.24) is 4.90 Å². The molecule has 0 aromatic heterocycles. The van der Waals surface area contributed by atoms with Crippen molar-refractivity contribution in [2.45, 2.75) is 25.7 Å². The number of thiocarbonyl (C=S) groups is 1. The Morgan fingerprint density at radius 3 is 2.52 bits per heavy atom. The standard InChI is InChI=1S/C18H20N2O2S3/c1-4-19-17(22)14(25-18(19)23)5-6-16-20(7-8-21)13-9-11(2)12(3)10-15(13)24-16/h5-6,9-10,21H,4,7-8H2,1-3H3. The number of nitrogens with zero attached hydrogens (tertiary/aromatic N) is 2. The van der Waals surface area contributed by atoms with Crippen molar-refractivity contribution in [3.8, 4) is 0 Å². The van der Waals surface area contributed by atoms with Crippen LogP contribution in [0.1, 0.15) is 18.1 Å². The molecule has 3 rings (SSSR count). The first-order valence-corrected chi connectivity index (χ1v) is 10.1. The Morgan fingerprint density at radius 1 is 1.16 bits per heavy atom. The fourth-order valence-electron chi connectivity index (χ4n) is 2.74. The summed E-state index contributed by atoms with van der Waals surface area (Å²) in [4.78, 5) is 17.9. The highest BCUT2D eigenvalue weighted by Crippen LogP contribution is 2.47. The van der Waals surface area contributed by atoms with Gasteiger partial charge < -0.3 is 10.0 Å². The van der Waals surface area contributed by atoms with Gasteiger partial charge in [-0.1, -0.05) is 35.7 Å². The molecule has 25 heavy (non-hydrogen) atoms. The molecule has 0 spiro atoms. The van der Waals surface area contributed by atoms with Gasteiger partial charge in [0.2, 0.25) is 0 Å². The molecular formula is C18H20N2O2S3. The van der Waals surface area contributed by atoms with E-state index in [1.807, 2.05) is 19.1 Å². The van der Waals surface area contributed by atoms with Crippen molar-refractivity contribution in [1.29, 1.82) is 0 Å². The summed E-state index contributed by atoms with van der Waals surface area (Å²) in [7, 11) is 0. The molecule has 0 saturated carbocycles. The number of benzene rings is 1. The van der Waals surface area contributed by atoms with Crippen molar-refractivity contribution >= 4 is 51.7 Å². The predicted molar refractivity (Wildman–Crippen MR) is 110 cm³/mol. The first-order valence-electron chi connectivity index (χ1n) is 8.09. The highest BCUT2D eigenvalue weighted by atomic mass is 32.2. The lowest BCUT2D eigenvalue weighted by Crippen LogP contribution is -2.27. The zero-order valence-electron chi connectivity index (χ0n) is 14.4. The molecule has 1 fully saturated rings. The van der Waals surface area contributed by atoms with Crippen molar-refractivity contribution < 1.29 is 9.90 Å². The van der Waals surface area contributed by atoms with Crippen LogP contribution in [0.25, 0.3) is 0 Å². The van der Waals surface area contributed by atoms with Crippen molar-refractivity contribution in [3.05, 3.63) is 45.3 Å². The van der Waals surface area contributed by atoms with Gasteiger partial charge in [0.1, 0.15) is 4.32 Å². The van der Waals surface area contributed by atoms with E-state index in [1.165, 1.54) is 27.8 Å². The Kier molecular flexibility index (Phi) is 5.58. The van der Waals surface area contributed by atoms with Crippen LogP contribution in [0.3, 0.4) is 0 Å². The molecule has 0 radical (unpaired) electrons. The quantitative estimate of drug-likeness (QED) is 0.621. The molecule has 1 aromatic rings. The third-order valence-electron chi connectivity index (χ3n) is 4.24. The van der Waals surface area contributed by atoms with E-state index in [0.29, 0.717) is 22.3 Å². The largest absolute Gasteiger partial charge is 0.395 e. The summed E-state index contributed by atoms with van der Waals surface area (Å²) in [5.41, 5.74) is 3.59. The molecule has 2 aliphatic heterocycles. The van der Waals surface area contributed by atoms with E-state index < -0.39 is 0 Å². The molecule has 0 atom stereocenters. The maximum absolute atomic E-state index is 12.3. The predicted octanol–water partition coefficient (Wildman–Crippen LogP) is 3.81. The second-order valence-electron chi connectivity index (χ2n) is 5.83. The second kappa shape index (κ2) is 7.53. The van der Waals surface area contributed by atoms with Crippen LogP contribution >= 0.6 is 35.7 Å². The van der Waals surface area contributed by atoms with Crippen LogP contribution in [0, 0.1) is 13.8 Å². The number of amides is 1. The maximum atomic E-state index is 12.3. The van der Waals surface area contributed by atoms with Gasteiger partial charge in [0.05, 0.1) is 22.2 Å². The number of aliphatic hydroxyl groups excluding tert-OH is 1. The Labute approximate surface area is 162 Å². The minimum atomic E-state index is -0.0322. The van der Waals surface area contributed by atoms with Gasteiger partial charge >= 0.3 is 0 Å². The molecule has 1 N–H and O–H groups in total. The summed E-state index contributed by atoms with van der Waals surface area (Å²) >= 11 is 8.25. The number of aryl methyl sites for hydroxylation is 2. The van der Waals surface area contributed by atoms with Crippen LogP contribution in [-0.2, 0) is 4.79 Å². The molecule has 2 heterocycles. The van der Waals surface area contributed by atoms with Crippen molar-refractivity contribution in [3.63, 3.8) is 0 Å². The molecule has 0 unspecified atom stereocenters. The van der Waals surface area contributed by atoms with Crippen molar-refractivity contribution in [2.75, 3.05) is 24.6 Å². The molecular weight excluding hydrogens is 372 g/mol. The monoisotopic (exact) mass is 392 g/mol. The number of allylic oxidation sites excluding steroid dienone is 2. The van der Waals surface area contributed by atoms with Gasteiger partial charge in [0.25, 0.3) is 5.91 Å². The lowest BCUT2D eigenvalue weighted by atomic mass is 10.1. The number of anilines is 1. The Bertz CT molecular complexity index is 802. The number of thioether (sulfide) groups is 2. The fraction of sp³-hybridized carbons (Fsp3) is 0.333. The number of β-amino-alcohol motifs (C(OH)–C–C–N with tert-alkyl or cyclic N) is 1. The summed E-state index contributed by atoms with van der Waals surface area (Å²) < 4.78 is 0.609. The molecule has 7 heteroatoms. The molecule has 0 aliphatic carbocycles. The van der Waals surface area contributed by atoms with Gasteiger partial charge in [0.15, 0.2) is 0 Å². The molecule has 1 amide bonds. The fourth-order valence-corrected chi connectivity index (χ4v) is 5.24. The normalized spacial score (nSPS) is 20.3. The smallest absolute Gasteiger partial charge is 0.266 e. The number of likely N-dealkylation sites (N-methyl/N-ethyl adjacent to an activating group) is 1. The Hall–Kier alpha value is -1.28. The third kappa shape index (κ3) is 3.51. The number of carbonyl (C=O) groups is 1. The number of rotatable bonds is 4. The van der Waals surface area contributed by atoms with Crippen LogP contribution in [0.15, 0.2) is 39.1 Å². The van der Waals surface area contributed by atoms with Gasteiger partial charge in [-0.25, -0.2) is 0 Å². The minimum Gasteiger partial charge on any atom is -0.395 e. The number of carbonyl (C=O) groups excluding carboxylic acids is 1. The summed E-state index contributed by atoms with van der Waals surface area (Å²) in [6, 6.07) is 4.34. The van der Waals surface area contributed by atoms with Gasteiger partial charge in [-0.05, 0) is 56.2 Å². The van der Waals surface area contributed by atoms with E-state index in [2.05, 4.69) is 30.9 Å². The van der Waals surface area contributed by atoms with E-state index in [4.69, 9.17) is 12.2 Å². The van der Waals surface area contributed by atoms with E-state index in [1.54, 1.807) is 16.7 Å². The SMILES string of the molecule is CCN1C(=O)C(=CC=C2Sc3cc(C)c(C)cc3N2CCO)SC1=S. The van der Waals surface area contributed by atoms with Crippen LogP contribution < -0.4 is 4.90 Å². The Morgan fingerprint density at radius 2 is 1.88 bits per heavy atom. The number of hydrogen-bond donors (Lipinski definition) is 1. The molecule has 0 bridgehead atoms. The van der Waals surface area contributed by atoms with Gasteiger partial charge in [-0.3, -0.25) is 9.69 Å². The lowest BCUT2D eigenvalue weighted by Gasteiger charge is -2.19. The van der Waals surface area contributed by atoms with Gasteiger partial charge in [-0.2, -0.15) is 0 Å². The van der Waals surface area contributed by atoms with Crippen LogP contribution in [-0.4, -0.2) is 39.9 Å². The highest BCUT2D eigenvalue weighted by molar-refractivity contribution is 8.26. The maximum Gasteiger partial charge on any atom is 0.266 e. The van der Waals surface area contributed by atoms with Gasteiger partial charge in [0, 0.05) is 18.0 Å². The molecule has 4 nitrogen and oxygen atoms in total. The topological polar surface area (TPSA) is 43.8 Å². The molecule has 1 aromatic carbocycles. The molecule has 132 valence electrons. The zero-order valence-corrected chi connectivity index (χ0v) is 16.9. The number of hydrogen-bond acceptors (Lipinski definition) is 6. The number of fused-ring (bicyclic) bond motifs is 1. The van der Waals surface area contributed by atoms with E-state index >= 15 is 0 Å². The summed E-state index contributed by atoms with van der Waals surface area (Å²) in [6.45, 7) is 7.30. The van der Waals surface area contributed by atoms with Crippen LogP contribution in [0.2, 0.25) is 0 Å². The summed E-state index contributed by atoms with van der Waals surface area (Å²) in [6.07, 6.45) is 3.79. The lowest BCUT2D eigenvalue weighted by molar-refractivity contribution is -0.122. The average Bonchev–Trinajstić information content (AvgIpc) is 3.03. The third-order valence-corrected chi connectivity index (χ3v) is 6.75. The molecule has 2 aliphatic rings. The Balaban J connectivity index is 1.92. The summed E-state index contributed by atoms with van der Waals surface area (Å²) in [5, 5.41) is 10.5. The average molecular weight is 393 g/mol. The molecule has 1 saturated heterocycles. The number of aliphatic hydroxyl groups is 1. The van der Waals surface area contributed by atoms with E-state index in [0.717, 1.165) is 10.7 Å². The highest BCUT2D eigenvalue weighted by Gasteiger charge is 2.31. The van der Waals surface area contributed by atoms with E-state index in [9.17, 15) is 9.90 Å². The first-order chi connectivity index (χ1) is 12.0. The first kappa shape index (κ1) is 18.5. The van der Waals surface area contributed by atoms with Crippen molar-refractivity contribution in [2.24, 2.45) is 0 Å². The van der Waals surface area contributed by atoms with Gasteiger partial charge in [-0.15, -0.1) is 0 Å². The van der Waals surface area contributed by atoms with Crippen LogP contribution in [0.4, 0.5) is 5.69 Å². The zero-order chi connectivity index (χ0) is 18.1. The summed E-state index contributed by atoms with van der Waals surface area (Å²) in [5.74, 6) is -0.0322. The minimum absolute atomic E-state index is 0.0322. The van der Waals surface area contributed by atoms with E-state index in [-0.39, 0.29) is 12.5 Å².